The van der Waals surface area contributed by atoms with E-state index in [1.807, 2.05) is 18.5 Å². The van der Waals surface area contributed by atoms with Gasteiger partial charge >= 0.3 is 0 Å². The second kappa shape index (κ2) is 6.92. The standard InChI is InChI=1S/C15H25ClN2O2/c1-4-11-15(16)12(18(6-3)17-11)9-13(19)10-7-8-20-14(10)5-2/h10,13-14,19H,4-9H2,1-3H3. The Kier molecular flexibility index (Phi) is 5.47. The highest BCUT2D eigenvalue weighted by Gasteiger charge is 2.33. The summed E-state index contributed by atoms with van der Waals surface area (Å²) >= 11 is 6.40. The third-order valence-electron chi connectivity index (χ3n) is 4.25. The molecular weight excluding hydrogens is 276 g/mol. The van der Waals surface area contributed by atoms with E-state index in [0.717, 1.165) is 48.8 Å². The van der Waals surface area contributed by atoms with Crippen LogP contribution in [-0.2, 0) is 24.1 Å². The molecule has 1 N–H and O–H groups in total. The molecule has 0 spiro atoms. The molecule has 1 aromatic rings. The molecule has 0 saturated carbocycles. The lowest BCUT2D eigenvalue weighted by atomic mass is 9.90. The number of hydrogen-bond acceptors (Lipinski definition) is 3. The van der Waals surface area contributed by atoms with Crippen molar-refractivity contribution < 1.29 is 9.84 Å². The Morgan fingerprint density at radius 1 is 1.45 bits per heavy atom. The SMILES string of the molecule is CCc1nn(CC)c(CC(O)C2CCOC2CC)c1Cl. The van der Waals surface area contributed by atoms with Crippen molar-refractivity contribution in [3.63, 3.8) is 0 Å². The second-order valence-corrected chi connectivity index (χ2v) is 5.80. The lowest BCUT2D eigenvalue weighted by Crippen LogP contribution is -2.30. The van der Waals surface area contributed by atoms with Crippen molar-refractivity contribution >= 4 is 11.6 Å². The molecule has 1 aliphatic rings. The van der Waals surface area contributed by atoms with Gasteiger partial charge in [-0.15, -0.1) is 0 Å². The van der Waals surface area contributed by atoms with Gasteiger partial charge in [0.25, 0.3) is 0 Å². The quantitative estimate of drug-likeness (QED) is 0.879. The van der Waals surface area contributed by atoms with E-state index >= 15 is 0 Å². The molecule has 2 heterocycles. The van der Waals surface area contributed by atoms with E-state index in [-0.39, 0.29) is 12.0 Å². The van der Waals surface area contributed by atoms with Gasteiger partial charge in [-0.2, -0.15) is 5.10 Å². The summed E-state index contributed by atoms with van der Waals surface area (Å²) in [6.07, 6.45) is 3.02. The maximum absolute atomic E-state index is 10.6. The van der Waals surface area contributed by atoms with Crippen LogP contribution in [0.3, 0.4) is 0 Å². The van der Waals surface area contributed by atoms with Crippen LogP contribution in [0, 0.1) is 5.92 Å². The zero-order chi connectivity index (χ0) is 14.7. The Balaban J connectivity index is 2.14. The minimum Gasteiger partial charge on any atom is -0.392 e. The fourth-order valence-corrected chi connectivity index (χ4v) is 3.43. The summed E-state index contributed by atoms with van der Waals surface area (Å²) < 4.78 is 7.59. The van der Waals surface area contributed by atoms with E-state index in [0.29, 0.717) is 6.42 Å². The van der Waals surface area contributed by atoms with Crippen molar-refractivity contribution in [2.24, 2.45) is 5.92 Å². The van der Waals surface area contributed by atoms with Crippen LogP contribution in [0.25, 0.3) is 0 Å². The summed E-state index contributed by atoms with van der Waals surface area (Å²) in [6, 6.07) is 0. The molecule has 1 aliphatic heterocycles. The van der Waals surface area contributed by atoms with Crippen molar-refractivity contribution in [1.82, 2.24) is 9.78 Å². The first-order valence-electron chi connectivity index (χ1n) is 7.65. The average molecular weight is 301 g/mol. The molecule has 114 valence electrons. The van der Waals surface area contributed by atoms with Gasteiger partial charge in [0, 0.05) is 25.5 Å². The van der Waals surface area contributed by atoms with E-state index in [9.17, 15) is 5.11 Å². The van der Waals surface area contributed by atoms with Crippen LogP contribution < -0.4 is 0 Å². The van der Waals surface area contributed by atoms with Crippen LogP contribution in [0.5, 0.6) is 0 Å². The number of aliphatic hydroxyl groups is 1. The topological polar surface area (TPSA) is 47.3 Å². The second-order valence-electron chi connectivity index (χ2n) is 5.42. The summed E-state index contributed by atoms with van der Waals surface area (Å²) in [7, 11) is 0. The van der Waals surface area contributed by atoms with Crippen molar-refractivity contribution in [1.29, 1.82) is 0 Å². The number of halogens is 1. The van der Waals surface area contributed by atoms with Crippen LogP contribution in [0.15, 0.2) is 0 Å². The van der Waals surface area contributed by atoms with Crippen molar-refractivity contribution in [3.05, 3.63) is 16.4 Å². The minimum atomic E-state index is -0.411. The molecule has 4 nitrogen and oxygen atoms in total. The van der Waals surface area contributed by atoms with Crippen LogP contribution in [0.2, 0.25) is 5.02 Å². The molecule has 3 atom stereocenters. The van der Waals surface area contributed by atoms with Gasteiger partial charge in [0.05, 0.1) is 28.6 Å². The molecule has 20 heavy (non-hydrogen) atoms. The molecule has 0 amide bonds. The molecule has 1 aromatic heterocycles. The van der Waals surface area contributed by atoms with Crippen LogP contribution in [-0.4, -0.2) is 33.7 Å². The summed E-state index contributed by atoms with van der Waals surface area (Å²) in [5.74, 6) is 0.210. The van der Waals surface area contributed by atoms with E-state index in [1.165, 1.54) is 0 Å². The first kappa shape index (κ1) is 15.8. The number of ether oxygens (including phenoxy) is 1. The molecule has 1 fully saturated rings. The third-order valence-corrected chi connectivity index (χ3v) is 4.69. The maximum Gasteiger partial charge on any atom is 0.0850 e. The van der Waals surface area contributed by atoms with Crippen LogP contribution >= 0.6 is 11.6 Å². The molecule has 0 aliphatic carbocycles. The first-order valence-corrected chi connectivity index (χ1v) is 8.03. The van der Waals surface area contributed by atoms with E-state index in [1.54, 1.807) is 0 Å². The van der Waals surface area contributed by atoms with Gasteiger partial charge < -0.3 is 9.84 Å². The Morgan fingerprint density at radius 3 is 2.80 bits per heavy atom. The highest BCUT2D eigenvalue weighted by atomic mass is 35.5. The fraction of sp³-hybridized carbons (Fsp3) is 0.800. The molecule has 3 unspecified atom stereocenters. The highest BCUT2D eigenvalue weighted by molar-refractivity contribution is 6.31. The highest BCUT2D eigenvalue weighted by Crippen LogP contribution is 2.30. The molecular formula is C15H25ClN2O2. The van der Waals surface area contributed by atoms with Crippen molar-refractivity contribution in [3.8, 4) is 0 Å². The van der Waals surface area contributed by atoms with Gasteiger partial charge in [-0.25, -0.2) is 0 Å². The van der Waals surface area contributed by atoms with E-state index in [2.05, 4.69) is 12.0 Å². The van der Waals surface area contributed by atoms with Crippen LogP contribution in [0.4, 0.5) is 0 Å². The molecule has 2 rings (SSSR count). The number of aromatic nitrogens is 2. The van der Waals surface area contributed by atoms with E-state index < -0.39 is 6.10 Å². The number of aliphatic hydroxyl groups excluding tert-OH is 1. The van der Waals surface area contributed by atoms with Gasteiger partial charge in [-0.1, -0.05) is 25.4 Å². The molecule has 1 saturated heterocycles. The largest absolute Gasteiger partial charge is 0.392 e. The summed E-state index contributed by atoms with van der Waals surface area (Å²) in [4.78, 5) is 0. The Morgan fingerprint density at radius 2 is 2.20 bits per heavy atom. The number of hydrogen-bond donors (Lipinski definition) is 1. The molecule has 0 bridgehead atoms. The molecule has 0 radical (unpaired) electrons. The van der Waals surface area contributed by atoms with Gasteiger partial charge in [0.15, 0.2) is 0 Å². The Bertz CT molecular complexity index is 447. The average Bonchev–Trinajstić information content (AvgIpc) is 3.04. The number of nitrogens with zero attached hydrogens (tertiary/aromatic N) is 2. The molecule has 0 aromatic carbocycles. The summed E-state index contributed by atoms with van der Waals surface area (Å²) in [5, 5.41) is 15.8. The smallest absolute Gasteiger partial charge is 0.0850 e. The maximum atomic E-state index is 10.6. The summed E-state index contributed by atoms with van der Waals surface area (Å²) in [6.45, 7) is 7.73. The van der Waals surface area contributed by atoms with E-state index in [4.69, 9.17) is 16.3 Å². The number of aryl methyl sites for hydroxylation is 2. The van der Waals surface area contributed by atoms with Gasteiger partial charge in [-0.05, 0) is 26.2 Å². The van der Waals surface area contributed by atoms with Gasteiger partial charge in [0.1, 0.15) is 0 Å². The first-order chi connectivity index (χ1) is 9.62. The normalized spacial score (nSPS) is 24.2. The van der Waals surface area contributed by atoms with Crippen molar-refractivity contribution in [2.75, 3.05) is 6.61 Å². The minimum absolute atomic E-state index is 0.174. The third kappa shape index (κ3) is 3.02. The summed E-state index contributed by atoms with van der Waals surface area (Å²) in [5.41, 5.74) is 1.88. The monoisotopic (exact) mass is 300 g/mol. The van der Waals surface area contributed by atoms with Crippen molar-refractivity contribution in [2.45, 2.75) is 65.2 Å². The Labute approximate surface area is 126 Å². The Hall–Kier alpha value is -0.580. The van der Waals surface area contributed by atoms with Crippen LogP contribution in [0.1, 0.15) is 45.0 Å². The zero-order valence-corrected chi connectivity index (χ0v) is 13.4. The number of rotatable bonds is 6. The van der Waals surface area contributed by atoms with Gasteiger partial charge in [-0.3, -0.25) is 4.68 Å². The predicted octanol–water partition coefficient (Wildman–Crippen LogP) is 2.84. The molecule has 5 heteroatoms. The fourth-order valence-electron chi connectivity index (χ4n) is 3.09. The zero-order valence-electron chi connectivity index (χ0n) is 12.6. The lowest BCUT2D eigenvalue weighted by Gasteiger charge is -2.23. The predicted molar refractivity (Wildman–Crippen MR) is 80.1 cm³/mol. The van der Waals surface area contributed by atoms with Gasteiger partial charge in [0.2, 0.25) is 0 Å². The lowest BCUT2D eigenvalue weighted by molar-refractivity contribution is 0.0309.